The molecule has 70 valence electrons. The van der Waals surface area contributed by atoms with E-state index < -0.39 is 6.10 Å². The summed E-state index contributed by atoms with van der Waals surface area (Å²) in [5.41, 5.74) is 0.528. The lowest BCUT2D eigenvalue weighted by molar-refractivity contribution is -0.123. The monoisotopic (exact) mass is 180 g/mol. The molecule has 1 rings (SSSR count). The summed E-state index contributed by atoms with van der Waals surface area (Å²) in [7, 11) is 0. The number of carbonyl (C=O) groups is 2. The molecule has 0 spiro atoms. The molecule has 0 bridgehead atoms. The Labute approximate surface area is 76.8 Å². The molecule has 0 saturated heterocycles. The SMILES string of the molecule is CC(=O)CC(=O)C1=CCC(O)C=C1. The van der Waals surface area contributed by atoms with E-state index in [1.165, 1.54) is 6.92 Å². The smallest absolute Gasteiger partial charge is 0.169 e. The Kier molecular flexibility index (Phi) is 3.14. The Morgan fingerprint density at radius 1 is 1.62 bits per heavy atom. The fraction of sp³-hybridized carbons (Fsp3) is 0.400. The van der Waals surface area contributed by atoms with Crippen molar-refractivity contribution in [1.82, 2.24) is 0 Å². The molecule has 1 unspecified atom stereocenters. The second kappa shape index (κ2) is 4.14. The Hall–Kier alpha value is -1.22. The van der Waals surface area contributed by atoms with Gasteiger partial charge < -0.3 is 5.11 Å². The fourth-order valence-corrected chi connectivity index (χ4v) is 1.14. The number of aliphatic hydroxyl groups excluding tert-OH is 1. The van der Waals surface area contributed by atoms with Gasteiger partial charge in [0.05, 0.1) is 12.5 Å². The van der Waals surface area contributed by atoms with Crippen LogP contribution in [0.3, 0.4) is 0 Å². The summed E-state index contributed by atoms with van der Waals surface area (Å²) < 4.78 is 0. The maximum atomic E-state index is 11.3. The van der Waals surface area contributed by atoms with E-state index in [1.54, 1.807) is 18.2 Å². The molecule has 3 nitrogen and oxygen atoms in total. The third kappa shape index (κ3) is 2.95. The number of hydrogen-bond donors (Lipinski definition) is 1. The molecule has 1 aliphatic rings. The first-order chi connectivity index (χ1) is 6.09. The third-order valence-electron chi connectivity index (χ3n) is 1.81. The Bertz CT molecular complexity index is 287. The van der Waals surface area contributed by atoms with Gasteiger partial charge in [-0.05, 0) is 13.3 Å². The first-order valence-corrected chi connectivity index (χ1v) is 4.18. The summed E-state index contributed by atoms with van der Waals surface area (Å²) in [6.07, 6.45) is 4.71. The quantitative estimate of drug-likeness (QED) is 0.653. The number of carbonyl (C=O) groups excluding carboxylic acids is 2. The number of Topliss-reactive ketones (excluding diaryl/α,β-unsaturated/α-hetero) is 2. The van der Waals surface area contributed by atoms with Gasteiger partial charge in [0.15, 0.2) is 5.78 Å². The van der Waals surface area contributed by atoms with Gasteiger partial charge in [-0.3, -0.25) is 9.59 Å². The van der Waals surface area contributed by atoms with Gasteiger partial charge >= 0.3 is 0 Å². The zero-order valence-electron chi connectivity index (χ0n) is 7.49. The first kappa shape index (κ1) is 9.86. The van der Waals surface area contributed by atoms with Gasteiger partial charge in [-0.1, -0.05) is 18.2 Å². The number of ketones is 2. The van der Waals surface area contributed by atoms with Crippen LogP contribution in [-0.2, 0) is 9.59 Å². The largest absolute Gasteiger partial charge is 0.389 e. The lowest BCUT2D eigenvalue weighted by Gasteiger charge is -2.09. The highest BCUT2D eigenvalue weighted by molar-refractivity contribution is 6.08. The van der Waals surface area contributed by atoms with Gasteiger partial charge in [0.2, 0.25) is 0 Å². The second-order valence-corrected chi connectivity index (χ2v) is 3.12. The Morgan fingerprint density at radius 3 is 2.77 bits per heavy atom. The molecule has 0 radical (unpaired) electrons. The molecular weight excluding hydrogens is 168 g/mol. The molecule has 1 aliphatic carbocycles. The Balaban J connectivity index is 2.59. The molecule has 1 N–H and O–H groups in total. The molecule has 0 amide bonds. The van der Waals surface area contributed by atoms with Crippen LogP contribution in [0, 0.1) is 0 Å². The molecule has 3 heteroatoms. The van der Waals surface area contributed by atoms with Crippen LogP contribution < -0.4 is 0 Å². The maximum absolute atomic E-state index is 11.3. The molecule has 0 saturated carbocycles. The normalized spacial score (nSPS) is 21.1. The van der Waals surface area contributed by atoms with Gasteiger partial charge in [0.1, 0.15) is 5.78 Å². The van der Waals surface area contributed by atoms with Crippen LogP contribution in [0.2, 0.25) is 0 Å². The van der Waals surface area contributed by atoms with Crippen molar-refractivity contribution in [1.29, 1.82) is 0 Å². The molecule has 0 fully saturated rings. The topological polar surface area (TPSA) is 54.4 Å². The number of aliphatic hydroxyl groups is 1. The Morgan fingerprint density at radius 2 is 2.31 bits per heavy atom. The molecule has 0 aromatic rings. The lowest BCUT2D eigenvalue weighted by Crippen LogP contribution is -2.11. The lowest BCUT2D eigenvalue weighted by atomic mass is 9.99. The van der Waals surface area contributed by atoms with Crippen LogP contribution in [0.4, 0.5) is 0 Å². The van der Waals surface area contributed by atoms with E-state index in [0.29, 0.717) is 12.0 Å². The van der Waals surface area contributed by atoms with Crippen molar-refractivity contribution in [3.63, 3.8) is 0 Å². The zero-order chi connectivity index (χ0) is 9.84. The van der Waals surface area contributed by atoms with E-state index in [-0.39, 0.29) is 18.0 Å². The standard InChI is InChI=1S/C10H12O3/c1-7(11)6-10(13)8-2-4-9(12)5-3-8/h2-4,9,12H,5-6H2,1H3. The predicted octanol–water partition coefficient (Wildman–Crippen LogP) is 0.782. The van der Waals surface area contributed by atoms with Gasteiger partial charge in [0.25, 0.3) is 0 Å². The van der Waals surface area contributed by atoms with Crippen molar-refractivity contribution >= 4 is 11.6 Å². The van der Waals surface area contributed by atoms with Gasteiger partial charge in [0, 0.05) is 5.57 Å². The highest BCUT2D eigenvalue weighted by Crippen LogP contribution is 2.12. The average molecular weight is 180 g/mol. The van der Waals surface area contributed by atoms with Crippen LogP contribution in [0.5, 0.6) is 0 Å². The van der Waals surface area contributed by atoms with Gasteiger partial charge in [-0.2, -0.15) is 0 Å². The number of rotatable bonds is 3. The molecule has 0 aromatic carbocycles. The second-order valence-electron chi connectivity index (χ2n) is 3.12. The van der Waals surface area contributed by atoms with Crippen molar-refractivity contribution in [2.24, 2.45) is 0 Å². The van der Waals surface area contributed by atoms with Crippen molar-refractivity contribution in [2.75, 3.05) is 0 Å². The summed E-state index contributed by atoms with van der Waals surface area (Å²) in [5, 5.41) is 9.08. The molecule has 0 heterocycles. The number of allylic oxidation sites excluding steroid dienone is 2. The minimum Gasteiger partial charge on any atom is -0.389 e. The molecule has 0 aliphatic heterocycles. The van der Waals surface area contributed by atoms with Crippen molar-refractivity contribution in [3.05, 3.63) is 23.8 Å². The van der Waals surface area contributed by atoms with E-state index >= 15 is 0 Å². The van der Waals surface area contributed by atoms with E-state index in [1.807, 2.05) is 0 Å². The summed E-state index contributed by atoms with van der Waals surface area (Å²) in [5.74, 6) is -0.305. The van der Waals surface area contributed by atoms with E-state index in [0.717, 1.165) is 0 Å². The summed E-state index contributed by atoms with van der Waals surface area (Å²) in [4.78, 5) is 21.9. The van der Waals surface area contributed by atoms with Gasteiger partial charge in [-0.15, -0.1) is 0 Å². The van der Waals surface area contributed by atoms with E-state index in [2.05, 4.69) is 0 Å². The van der Waals surface area contributed by atoms with Crippen LogP contribution in [-0.4, -0.2) is 22.8 Å². The first-order valence-electron chi connectivity index (χ1n) is 4.18. The summed E-state index contributed by atoms with van der Waals surface area (Å²) in [6.45, 7) is 1.39. The minimum atomic E-state index is -0.492. The minimum absolute atomic E-state index is 0.0493. The van der Waals surface area contributed by atoms with E-state index in [9.17, 15) is 9.59 Å². The fourth-order valence-electron chi connectivity index (χ4n) is 1.14. The van der Waals surface area contributed by atoms with Crippen LogP contribution >= 0.6 is 0 Å². The molecule has 1 atom stereocenters. The highest BCUT2D eigenvalue weighted by atomic mass is 16.3. The van der Waals surface area contributed by atoms with Crippen molar-refractivity contribution < 1.29 is 14.7 Å². The van der Waals surface area contributed by atoms with E-state index in [4.69, 9.17) is 5.11 Å². The van der Waals surface area contributed by atoms with Crippen LogP contribution in [0.15, 0.2) is 23.8 Å². The summed E-state index contributed by atoms with van der Waals surface area (Å²) in [6, 6.07) is 0. The molecule has 0 aromatic heterocycles. The van der Waals surface area contributed by atoms with Crippen molar-refractivity contribution in [3.8, 4) is 0 Å². The zero-order valence-corrected chi connectivity index (χ0v) is 7.49. The maximum Gasteiger partial charge on any atom is 0.169 e. The highest BCUT2D eigenvalue weighted by Gasteiger charge is 2.12. The molecular formula is C10H12O3. The summed E-state index contributed by atoms with van der Waals surface area (Å²) >= 11 is 0. The van der Waals surface area contributed by atoms with Crippen LogP contribution in [0.25, 0.3) is 0 Å². The predicted molar refractivity (Wildman–Crippen MR) is 48.2 cm³/mol. The van der Waals surface area contributed by atoms with Crippen molar-refractivity contribution in [2.45, 2.75) is 25.9 Å². The average Bonchev–Trinajstić information content (AvgIpc) is 2.04. The third-order valence-corrected chi connectivity index (χ3v) is 1.81. The number of hydrogen-bond acceptors (Lipinski definition) is 3. The molecule has 13 heavy (non-hydrogen) atoms. The van der Waals surface area contributed by atoms with Gasteiger partial charge in [-0.25, -0.2) is 0 Å². The van der Waals surface area contributed by atoms with Crippen LogP contribution in [0.1, 0.15) is 19.8 Å².